The van der Waals surface area contributed by atoms with E-state index in [2.05, 4.69) is 33.8 Å². The molecule has 4 saturated carbocycles. The van der Waals surface area contributed by atoms with Crippen molar-refractivity contribution in [1.82, 2.24) is 0 Å². The molecular weight excluding hydrogens is 993 g/mol. The van der Waals surface area contributed by atoms with Crippen LogP contribution in [0.1, 0.15) is 99.8 Å². The van der Waals surface area contributed by atoms with Gasteiger partial charge in [-0.25, -0.2) is 4.79 Å². The van der Waals surface area contributed by atoms with Crippen molar-refractivity contribution in [3.63, 3.8) is 0 Å². The smallest absolute Gasteiger partial charge is 0.335 e. The molecule has 0 radical (unpaired) electrons. The number of rotatable bonds is 11. The van der Waals surface area contributed by atoms with Gasteiger partial charge in [0.15, 0.2) is 31.3 Å². The Bertz CT molecular complexity index is 2090. The summed E-state index contributed by atoms with van der Waals surface area (Å²) in [6.07, 6.45) is -25.7. The molecule has 4 saturated heterocycles. The van der Waals surface area contributed by atoms with E-state index in [1.807, 2.05) is 13.8 Å². The number of hydrogen-bond donors (Lipinski definition) is 14. The number of fused-ring (bicyclic) bond motifs is 7. The molecule has 30 atom stereocenters. The molecule has 9 rings (SSSR count). The average Bonchev–Trinajstić information content (AvgIpc) is 3.37. The average molecular weight is 1080 g/mol. The molecule has 23 nitrogen and oxygen atoms in total. The second kappa shape index (κ2) is 20.7. The Morgan fingerprint density at radius 2 is 1.24 bits per heavy atom. The fourth-order valence-corrected chi connectivity index (χ4v) is 16.1. The normalized spacial score (nSPS) is 57.1. The van der Waals surface area contributed by atoms with Crippen LogP contribution in [0.5, 0.6) is 0 Å². The maximum absolute atomic E-state index is 12.5. The summed E-state index contributed by atoms with van der Waals surface area (Å²) in [5.74, 6) is -1.89. The molecule has 8 fully saturated rings. The molecule has 4 aliphatic heterocycles. The zero-order valence-corrected chi connectivity index (χ0v) is 43.9. The highest BCUT2D eigenvalue weighted by atomic mass is 16.8. The molecule has 0 aromatic rings. The minimum Gasteiger partial charge on any atom is -0.479 e. The van der Waals surface area contributed by atoms with Crippen molar-refractivity contribution in [3.8, 4) is 0 Å². The van der Waals surface area contributed by atoms with E-state index in [-0.39, 0.29) is 48.4 Å². The lowest BCUT2D eigenvalue weighted by Crippen LogP contribution is -2.69. The van der Waals surface area contributed by atoms with Gasteiger partial charge in [-0.15, -0.1) is 0 Å². The lowest BCUT2D eigenvalue weighted by molar-refractivity contribution is -0.387. The zero-order valence-electron chi connectivity index (χ0n) is 43.9. The topological polar surface area (TPSA) is 374 Å². The number of aliphatic hydroxyl groups is 13. The van der Waals surface area contributed by atoms with Gasteiger partial charge >= 0.3 is 5.97 Å². The van der Waals surface area contributed by atoms with Gasteiger partial charge in [0.1, 0.15) is 73.2 Å². The molecule has 0 bridgehead atoms. The summed E-state index contributed by atoms with van der Waals surface area (Å²) in [5.41, 5.74) is -2.58. The number of carboxylic acids is 1. The molecule has 0 spiro atoms. The van der Waals surface area contributed by atoms with E-state index in [1.54, 1.807) is 0 Å². The van der Waals surface area contributed by atoms with Crippen LogP contribution < -0.4 is 0 Å². The third-order valence-corrected chi connectivity index (χ3v) is 21.3. The molecule has 14 N–H and O–H groups in total. The number of carboxylic acid groups (broad SMARTS) is 1. The molecule has 9 aliphatic rings. The van der Waals surface area contributed by atoms with Crippen molar-refractivity contribution in [1.29, 1.82) is 0 Å². The van der Waals surface area contributed by atoms with Crippen LogP contribution in [0, 0.1) is 50.2 Å². The first-order valence-corrected chi connectivity index (χ1v) is 26.9. The summed E-state index contributed by atoms with van der Waals surface area (Å²) in [6, 6.07) is 0. The van der Waals surface area contributed by atoms with Crippen molar-refractivity contribution in [3.05, 3.63) is 11.6 Å². The van der Waals surface area contributed by atoms with E-state index in [9.17, 15) is 76.3 Å². The van der Waals surface area contributed by atoms with E-state index < -0.39 is 163 Å². The van der Waals surface area contributed by atoms with Gasteiger partial charge in [-0.1, -0.05) is 53.2 Å². The summed E-state index contributed by atoms with van der Waals surface area (Å²) in [6.45, 7) is 12.7. The number of aliphatic hydroxyl groups excluding tert-OH is 13. The lowest BCUT2D eigenvalue weighted by Gasteiger charge is -2.72. The SMILES string of the molecule is C[C@@H]1O[C@@H](O[C@H]2[C@H](O[C@H]3[C@H](O[C@H]4CC[C@@]5(C)[C@@H](CC[C@]6(C)[C@@H]5CC=C5[C@@H]7C[C@](C)(CO)[C@@H](O)[C@@H](O[C@@H]8OC[C@@H](O)[C@H](O)[C@H]8O)[C@]7(C)CC[C@]56C)[C@@]4(C)CO)O[C@H](C(=O)O)[C@@H](O)[C@@H]3O)OC[C@H](O)[C@@H]2O)[C@H](O)[C@H](O)[C@H]1O. The maximum Gasteiger partial charge on any atom is 0.335 e. The second-order valence-electron chi connectivity index (χ2n) is 25.3. The molecule has 0 aromatic carbocycles. The van der Waals surface area contributed by atoms with Crippen LogP contribution in [0.4, 0.5) is 0 Å². The summed E-state index contributed by atoms with van der Waals surface area (Å²) < 4.78 is 48.3. The van der Waals surface area contributed by atoms with Gasteiger partial charge in [0, 0.05) is 16.2 Å². The van der Waals surface area contributed by atoms with E-state index in [0.717, 1.165) is 6.42 Å². The molecule has 23 heteroatoms. The Labute approximate surface area is 436 Å². The van der Waals surface area contributed by atoms with Gasteiger partial charge in [-0.2, -0.15) is 0 Å². The van der Waals surface area contributed by atoms with Gasteiger partial charge < -0.3 is 109 Å². The van der Waals surface area contributed by atoms with E-state index in [0.29, 0.717) is 44.9 Å². The number of aliphatic carboxylic acids is 1. The number of carbonyl (C=O) groups is 1. The predicted octanol–water partition coefficient (Wildman–Crippen LogP) is -2.25. The highest BCUT2D eigenvalue weighted by Gasteiger charge is 2.71. The molecular formula is C52H84O23. The second-order valence-corrected chi connectivity index (χ2v) is 25.3. The van der Waals surface area contributed by atoms with Gasteiger partial charge in [0.25, 0.3) is 0 Å². The monoisotopic (exact) mass is 1080 g/mol. The number of hydrogen-bond acceptors (Lipinski definition) is 22. The number of ether oxygens (including phenoxy) is 8. The molecule has 430 valence electrons. The van der Waals surface area contributed by atoms with Crippen LogP contribution in [0.15, 0.2) is 11.6 Å². The fraction of sp³-hybridized carbons (Fsp3) is 0.942. The molecule has 0 unspecified atom stereocenters. The van der Waals surface area contributed by atoms with Crippen LogP contribution in [-0.4, -0.2) is 233 Å². The van der Waals surface area contributed by atoms with Crippen LogP contribution in [-0.2, 0) is 42.7 Å². The Kier molecular flexibility index (Phi) is 16.0. The zero-order chi connectivity index (χ0) is 54.9. The lowest BCUT2D eigenvalue weighted by atomic mass is 9.33. The first kappa shape index (κ1) is 58.0. The summed E-state index contributed by atoms with van der Waals surface area (Å²) >= 11 is 0. The number of allylic oxidation sites excluding steroid dienone is 2. The predicted molar refractivity (Wildman–Crippen MR) is 254 cm³/mol. The minimum absolute atomic E-state index is 0.0781. The van der Waals surface area contributed by atoms with Gasteiger partial charge in [-0.05, 0) is 92.3 Å². The van der Waals surface area contributed by atoms with Crippen LogP contribution in [0.3, 0.4) is 0 Å². The standard InChI is InChI=1S/C52H84O23/c1-21-29(57)32(60)36(64)44(70-21)73-38-31(59)25(56)18-69-45(38)74-39-34(62)33(61)37(42(66)67)72-46(39)71-28-11-12-49(4)26(50(28,5)20-54)10-13-52(7)27(49)9-8-22-23-16-47(2,19-53)40(65)41(48(23,3)14-15-51(22,52)6)75-43-35(63)30(58)24(55)17-68-43/h8,21,23-41,43-46,53-65H,9-20H2,1-7H3,(H,66,67)/t21-,23-,24+,25-,26+,27+,28-,29-,30-,31-,32+,33-,34-,35+,36+,37-,38+,39+,40-,41+,43-,44-,45-,46+,47+,48+,49-,50+,51+,52+/m0/s1. The van der Waals surface area contributed by atoms with Crippen molar-refractivity contribution in [2.45, 2.75) is 229 Å². The summed E-state index contributed by atoms with van der Waals surface area (Å²) in [4.78, 5) is 12.5. The first-order chi connectivity index (χ1) is 35.1. The van der Waals surface area contributed by atoms with Crippen molar-refractivity contribution in [2.24, 2.45) is 50.2 Å². The summed E-state index contributed by atoms with van der Waals surface area (Å²) in [5, 5.41) is 153. The van der Waals surface area contributed by atoms with E-state index in [1.165, 1.54) is 12.5 Å². The molecule has 0 amide bonds. The van der Waals surface area contributed by atoms with E-state index >= 15 is 0 Å². The van der Waals surface area contributed by atoms with Crippen molar-refractivity contribution < 1.29 is 114 Å². The quantitative estimate of drug-likeness (QED) is 0.0768. The Hall–Kier alpha value is -1.63. The first-order valence-electron chi connectivity index (χ1n) is 26.9. The molecule has 5 aliphatic carbocycles. The van der Waals surface area contributed by atoms with Crippen molar-refractivity contribution in [2.75, 3.05) is 26.4 Å². The van der Waals surface area contributed by atoms with E-state index in [4.69, 9.17) is 37.9 Å². The van der Waals surface area contributed by atoms with Gasteiger partial charge in [0.2, 0.25) is 0 Å². The molecule has 0 aromatic heterocycles. The molecule has 4 heterocycles. The highest BCUT2D eigenvalue weighted by molar-refractivity contribution is 5.73. The largest absolute Gasteiger partial charge is 0.479 e. The van der Waals surface area contributed by atoms with Crippen LogP contribution in [0.2, 0.25) is 0 Å². The van der Waals surface area contributed by atoms with Gasteiger partial charge in [0.05, 0.1) is 50.8 Å². The Balaban J connectivity index is 0.979. The minimum atomic E-state index is -2.07. The Morgan fingerprint density at radius 1 is 0.613 bits per heavy atom. The van der Waals surface area contributed by atoms with Crippen LogP contribution >= 0.6 is 0 Å². The van der Waals surface area contributed by atoms with Crippen LogP contribution in [0.25, 0.3) is 0 Å². The highest BCUT2D eigenvalue weighted by Crippen LogP contribution is 2.76. The summed E-state index contributed by atoms with van der Waals surface area (Å²) in [7, 11) is 0. The van der Waals surface area contributed by atoms with Gasteiger partial charge in [-0.3, -0.25) is 0 Å². The molecule has 75 heavy (non-hydrogen) atoms. The fourth-order valence-electron chi connectivity index (χ4n) is 16.1. The maximum atomic E-state index is 12.5. The van der Waals surface area contributed by atoms with Crippen molar-refractivity contribution >= 4 is 5.97 Å². The Morgan fingerprint density at radius 3 is 1.89 bits per heavy atom. The third kappa shape index (κ3) is 9.11. The third-order valence-electron chi connectivity index (χ3n) is 21.3.